The van der Waals surface area contributed by atoms with E-state index < -0.39 is 0 Å². The molecule has 0 fully saturated rings. The van der Waals surface area contributed by atoms with Gasteiger partial charge >= 0.3 is 0 Å². The van der Waals surface area contributed by atoms with Gasteiger partial charge in [0.1, 0.15) is 5.75 Å². The number of fused-ring (bicyclic) bond motifs is 1. The summed E-state index contributed by atoms with van der Waals surface area (Å²) in [7, 11) is 3.22. The first-order valence-electron chi connectivity index (χ1n) is 10.6. The van der Waals surface area contributed by atoms with Crippen molar-refractivity contribution in [2.75, 3.05) is 20.8 Å². The number of benzene rings is 1. The largest absolute Gasteiger partial charge is 0.497 e. The molecule has 0 aliphatic carbocycles. The second-order valence-electron chi connectivity index (χ2n) is 7.17. The number of aryl methyl sites for hydroxylation is 1. The molecule has 5 heteroatoms. The van der Waals surface area contributed by atoms with E-state index in [2.05, 4.69) is 13.8 Å². The van der Waals surface area contributed by atoms with Crippen LogP contribution in [-0.4, -0.2) is 25.4 Å². The third kappa shape index (κ3) is 5.43. The predicted octanol–water partition coefficient (Wildman–Crippen LogP) is 5.56. The summed E-state index contributed by atoms with van der Waals surface area (Å²) in [6.07, 6.45) is 8.99. The van der Waals surface area contributed by atoms with Crippen LogP contribution >= 0.6 is 0 Å². The standard InChI is InChI=1S/C23H35NO4/c1-5-7-9-10-11-12-15-24-20-17-18(26-3)13-14-19(20)21(27-4)22(23(24)25)28-16-8-6-2/h13-14,17H,5-12,15-16H2,1-4H3. The number of ether oxygens (including phenoxy) is 3. The van der Waals surface area contributed by atoms with Gasteiger partial charge in [0, 0.05) is 18.0 Å². The number of hydrogen-bond donors (Lipinski definition) is 0. The maximum absolute atomic E-state index is 13.2. The van der Waals surface area contributed by atoms with E-state index >= 15 is 0 Å². The summed E-state index contributed by atoms with van der Waals surface area (Å²) >= 11 is 0. The minimum absolute atomic E-state index is 0.123. The molecular weight excluding hydrogens is 354 g/mol. The van der Waals surface area contributed by atoms with Crippen LogP contribution in [-0.2, 0) is 6.54 Å². The van der Waals surface area contributed by atoms with Gasteiger partial charge in [0.15, 0.2) is 5.75 Å². The van der Waals surface area contributed by atoms with Gasteiger partial charge in [-0.25, -0.2) is 0 Å². The molecule has 5 nitrogen and oxygen atoms in total. The summed E-state index contributed by atoms with van der Waals surface area (Å²) in [6, 6.07) is 5.74. The average Bonchev–Trinajstić information content (AvgIpc) is 2.72. The van der Waals surface area contributed by atoms with Crippen molar-refractivity contribution in [3.63, 3.8) is 0 Å². The summed E-state index contributed by atoms with van der Waals surface area (Å²) in [6.45, 7) is 5.50. The van der Waals surface area contributed by atoms with Crippen molar-refractivity contribution in [1.82, 2.24) is 4.57 Å². The van der Waals surface area contributed by atoms with Crippen LogP contribution in [0.5, 0.6) is 17.2 Å². The molecule has 1 aromatic carbocycles. The number of unbranched alkanes of at least 4 members (excludes halogenated alkanes) is 6. The molecule has 0 saturated carbocycles. The van der Waals surface area contributed by atoms with Crippen LogP contribution in [0, 0.1) is 0 Å². The van der Waals surface area contributed by atoms with E-state index in [-0.39, 0.29) is 5.56 Å². The number of pyridine rings is 1. The first-order chi connectivity index (χ1) is 13.7. The Morgan fingerprint density at radius 3 is 2.25 bits per heavy atom. The zero-order chi connectivity index (χ0) is 20.4. The van der Waals surface area contributed by atoms with Gasteiger partial charge in [-0.1, -0.05) is 52.4 Å². The van der Waals surface area contributed by atoms with Crippen molar-refractivity contribution in [2.45, 2.75) is 71.8 Å². The lowest BCUT2D eigenvalue weighted by Gasteiger charge is -2.18. The Bertz CT molecular complexity index is 797. The lowest BCUT2D eigenvalue weighted by atomic mass is 10.1. The third-order valence-electron chi connectivity index (χ3n) is 5.07. The second-order valence-corrected chi connectivity index (χ2v) is 7.17. The van der Waals surface area contributed by atoms with Crippen molar-refractivity contribution >= 4 is 10.9 Å². The van der Waals surface area contributed by atoms with E-state index in [1.807, 2.05) is 22.8 Å². The van der Waals surface area contributed by atoms with Gasteiger partial charge in [0.2, 0.25) is 5.75 Å². The molecule has 0 aliphatic rings. The van der Waals surface area contributed by atoms with E-state index in [9.17, 15) is 4.79 Å². The highest BCUT2D eigenvalue weighted by Gasteiger charge is 2.19. The molecule has 156 valence electrons. The predicted molar refractivity (Wildman–Crippen MR) is 115 cm³/mol. The molecule has 0 bridgehead atoms. The first kappa shape index (κ1) is 22.1. The Labute approximate surface area is 168 Å². The third-order valence-corrected chi connectivity index (χ3v) is 5.07. The van der Waals surface area contributed by atoms with E-state index in [1.54, 1.807) is 14.2 Å². The van der Waals surface area contributed by atoms with Crippen molar-refractivity contribution < 1.29 is 14.2 Å². The smallest absolute Gasteiger partial charge is 0.297 e. The maximum Gasteiger partial charge on any atom is 0.297 e. The van der Waals surface area contributed by atoms with Crippen LogP contribution in [0.3, 0.4) is 0 Å². The molecule has 28 heavy (non-hydrogen) atoms. The highest BCUT2D eigenvalue weighted by atomic mass is 16.5. The normalized spacial score (nSPS) is 11.0. The number of nitrogens with zero attached hydrogens (tertiary/aromatic N) is 1. The molecule has 0 saturated heterocycles. The summed E-state index contributed by atoms with van der Waals surface area (Å²) in [5, 5.41) is 0.875. The summed E-state index contributed by atoms with van der Waals surface area (Å²) in [5.41, 5.74) is 0.708. The van der Waals surface area contributed by atoms with Crippen LogP contribution in [0.4, 0.5) is 0 Å². The number of hydrogen-bond acceptors (Lipinski definition) is 4. The molecule has 1 aromatic heterocycles. The van der Waals surface area contributed by atoms with Crippen molar-refractivity contribution in [1.29, 1.82) is 0 Å². The Balaban J connectivity index is 2.39. The molecular formula is C23H35NO4. The molecule has 2 rings (SSSR count). The number of rotatable bonds is 13. The molecule has 0 aliphatic heterocycles. The minimum Gasteiger partial charge on any atom is -0.497 e. The Kier molecular flexibility index (Phi) is 9.18. The number of aromatic nitrogens is 1. The summed E-state index contributed by atoms with van der Waals surface area (Å²) < 4.78 is 18.7. The van der Waals surface area contributed by atoms with Gasteiger partial charge in [0.25, 0.3) is 5.56 Å². The van der Waals surface area contributed by atoms with Gasteiger partial charge in [-0.2, -0.15) is 0 Å². The second kappa shape index (κ2) is 11.6. The zero-order valence-corrected chi connectivity index (χ0v) is 17.9. The van der Waals surface area contributed by atoms with Gasteiger partial charge in [0.05, 0.1) is 26.3 Å². The monoisotopic (exact) mass is 389 g/mol. The van der Waals surface area contributed by atoms with Gasteiger partial charge in [-0.05, 0) is 25.0 Å². The molecule has 1 heterocycles. The van der Waals surface area contributed by atoms with Gasteiger partial charge in [-0.3, -0.25) is 4.79 Å². The highest BCUT2D eigenvalue weighted by Crippen LogP contribution is 2.34. The summed E-state index contributed by atoms with van der Waals surface area (Å²) in [4.78, 5) is 13.2. The molecule has 0 unspecified atom stereocenters. The highest BCUT2D eigenvalue weighted by molar-refractivity contribution is 5.89. The number of methoxy groups -OCH3 is 2. The van der Waals surface area contributed by atoms with Crippen LogP contribution in [0.25, 0.3) is 10.9 Å². The fourth-order valence-electron chi connectivity index (χ4n) is 3.43. The topological polar surface area (TPSA) is 49.7 Å². The van der Waals surface area contributed by atoms with Crippen LogP contribution in [0.15, 0.2) is 23.0 Å². The zero-order valence-electron chi connectivity index (χ0n) is 17.9. The van der Waals surface area contributed by atoms with Crippen LogP contribution in [0.1, 0.15) is 65.2 Å². The SMILES string of the molecule is CCCCCCCCn1c(=O)c(OCCCC)c(OC)c2ccc(OC)cc21. The fraction of sp³-hybridized carbons (Fsp3) is 0.609. The first-order valence-corrected chi connectivity index (χ1v) is 10.6. The van der Waals surface area contributed by atoms with Gasteiger partial charge in [-0.15, -0.1) is 0 Å². The Hall–Kier alpha value is -2.17. The van der Waals surface area contributed by atoms with Crippen LogP contribution < -0.4 is 19.8 Å². The van der Waals surface area contributed by atoms with E-state index in [1.165, 1.54) is 25.7 Å². The van der Waals surface area contributed by atoms with Crippen molar-refractivity contribution in [3.05, 3.63) is 28.6 Å². The molecule has 0 N–H and O–H groups in total. The van der Waals surface area contributed by atoms with Crippen molar-refractivity contribution in [3.8, 4) is 17.2 Å². The fourth-order valence-corrected chi connectivity index (χ4v) is 3.43. The van der Waals surface area contributed by atoms with Crippen molar-refractivity contribution in [2.24, 2.45) is 0 Å². The molecule has 0 radical (unpaired) electrons. The van der Waals surface area contributed by atoms with Crippen LogP contribution in [0.2, 0.25) is 0 Å². The van der Waals surface area contributed by atoms with E-state index in [4.69, 9.17) is 14.2 Å². The lowest BCUT2D eigenvalue weighted by Crippen LogP contribution is -2.24. The lowest BCUT2D eigenvalue weighted by molar-refractivity contribution is 0.283. The van der Waals surface area contributed by atoms with E-state index in [0.717, 1.165) is 42.3 Å². The van der Waals surface area contributed by atoms with Gasteiger partial charge < -0.3 is 18.8 Å². The minimum atomic E-state index is -0.123. The average molecular weight is 390 g/mol. The summed E-state index contributed by atoms with van der Waals surface area (Å²) in [5.74, 6) is 1.56. The Morgan fingerprint density at radius 2 is 1.57 bits per heavy atom. The quantitative estimate of drug-likeness (QED) is 0.421. The molecule has 0 atom stereocenters. The molecule has 0 amide bonds. The van der Waals surface area contributed by atoms with E-state index in [0.29, 0.717) is 24.7 Å². The molecule has 0 spiro atoms. The maximum atomic E-state index is 13.2. The molecule has 2 aromatic rings. The Morgan fingerprint density at radius 1 is 0.857 bits per heavy atom.